The van der Waals surface area contributed by atoms with E-state index in [4.69, 9.17) is 16.3 Å². The Kier molecular flexibility index (Phi) is 11.7. The third-order valence-electron chi connectivity index (χ3n) is 6.05. The Balaban J connectivity index is 2.16. The molecule has 2 amide bonds. The van der Waals surface area contributed by atoms with Gasteiger partial charge in [-0.2, -0.15) is 0 Å². The molecule has 0 fully saturated rings. The summed E-state index contributed by atoms with van der Waals surface area (Å²) in [6.07, 6.45) is 3.27. The molecular formula is C27H38ClN3O5S. The number of anilines is 1. The first kappa shape index (κ1) is 30.4. The number of unbranched alkanes of at least 4 members (excludes halogenated alkanes) is 1. The van der Waals surface area contributed by atoms with Crippen LogP contribution in [0.5, 0.6) is 5.75 Å². The number of sulfonamides is 1. The summed E-state index contributed by atoms with van der Waals surface area (Å²) in [6.45, 7) is 6.67. The number of nitrogens with zero attached hydrogens (tertiary/aromatic N) is 2. The molecule has 0 aromatic heterocycles. The Hall–Kier alpha value is -2.78. The lowest BCUT2D eigenvalue weighted by Gasteiger charge is -2.29. The monoisotopic (exact) mass is 551 g/mol. The summed E-state index contributed by atoms with van der Waals surface area (Å²) in [5.41, 5.74) is 2.41. The predicted octanol–water partition coefficient (Wildman–Crippen LogP) is 4.54. The highest BCUT2D eigenvalue weighted by atomic mass is 35.5. The Labute approximate surface area is 226 Å². The minimum absolute atomic E-state index is 0.0777. The summed E-state index contributed by atoms with van der Waals surface area (Å²) in [7, 11) is -2.14. The number of halogens is 1. The van der Waals surface area contributed by atoms with Gasteiger partial charge in [-0.3, -0.25) is 13.9 Å². The first-order chi connectivity index (χ1) is 17.5. The van der Waals surface area contributed by atoms with Crippen molar-refractivity contribution in [2.45, 2.75) is 59.0 Å². The first-order valence-corrected chi connectivity index (χ1v) is 14.6. The molecule has 0 saturated heterocycles. The standard InChI is InChI=1S/C27H38ClN3O5S/c1-6-7-16-29-27(33)21(3)30(19-22-12-10-20(2)11-13-22)26(32)9-8-17-31(37(5,34)35)23-14-15-25(36-4)24(28)18-23/h10-15,18,21H,6-9,16-17,19H2,1-5H3,(H,29,33). The van der Waals surface area contributed by atoms with Gasteiger partial charge in [0.15, 0.2) is 0 Å². The molecule has 0 spiro atoms. The van der Waals surface area contributed by atoms with E-state index < -0.39 is 16.1 Å². The van der Waals surface area contributed by atoms with Crippen LogP contribution in [-0.4, -0.2) is 57.6 Å². The molecule has 37 heavy (non-hydrogen) atoms. The van der Waals surface area contributed by atoms with Crippen LogP contribution < -0.4 is 14.4 Å². The minimum atomic E-state index is -3.62. The lowest BCUT2D eigenvalue weighted by atomic mass is 10.1. The van der Waals surface area contributed by atoms with Crippen LogP contribution in [0.3, 0.4) is 0 Å². The number of carbonyl (C=O) groups excluding carboxylic acids is 2. The van der Waals surface area contributed by atoms with E-state index in [1.807, 2.05) is 38.1 Å². The molecule has 0 saturated carbocycles. The third kappa shape index (κ3) is 9.23. The van der Waals surface area contributed by atoms with Crippen LogP contribution in [0.2, 0.25) is 5.02 Å². The maximum Gasteiger partial charge on any atom is 0.242 e. The molecule has 204 valence electrons. The van der Waals surface area contributed by atoms with Crippen LogP contribution in [0.4, 0.5) is 5.69 Å². The number of nitrogens with one attached hydrogen (secondary N) is 1. The molecule has 0 radical (unpaired) electrons. The lowest BCUT2D eigenvalue weighted by Crippen LogP contribution is -2.48. The molecule has 1 atom stereocenters. The van der Waals surface area contributed by atoms with E-state index >= 15 is 0 Å². The SMILES string of the molecule is CCCCNC(=O)C(C)N(Cc1ccc(C)cc1)C(=O)CCCN(c1ccc(OC)c(Cl)c1)S(C)(=O)=O. The largest absolute Gasteiger partial charge is 0.495 e. The Morgan fingerprint density at radius 2 is 1.78 bits per heavy atom. The number of amides is 2. The van der Waals surface area contributed by atoms with Gasteiger partial charge in [0, 0.05) is 26.1 Å². The van der Waals surface area contributed by atoms with Crippen LogP contribution in [0.15, 0.2) is 42.5 Å². The molecule has 0 aliphatic rings. The molecule has 2 aromatic carbocycles. The minimum Gasteiger partial charge on any atom is -0.495 e. The molecule has 0 aliphatic carbocycles. The van der Waals surface area contributed by atoms with Crippen molar-refractivity contribution in [2.75, 3.05) is 30.8 Å². The van der Waals surface area contributed by atoms with Crippen LogP contribution in [0, 0.1) is 6.92 Å². The highest BCUT2D eigenvalue weighted by Gasteiger charge is 2.26. The number of hydrogen-bond donors (Lipinski definition) is 1. The van der Waals surface area contributed by atoms with Crippen LogP contribution >= 0.6 is 11.6 Å². The molecule has 2 aromatic rings. The van der Waals surface area contributed by atoms with Crippen molar-refractivity contribution in [3.05, 3.63) is 58.6 Å². The number of carbonyl (C=O) groups is 2. The lowest BCUT2D eigenvalue weighted by molar-refractivity contribution is -0.140. The van der Waals surface area contributed by atoms with Gasteiger partial charge < -0.3 is 15.0 Å². The Bertz CT molecular complexity index is 1160. The molecular weight excluding hydrogens is 514 g/mol. The van der Waals surface area contributed by atoms with Crippen LogP contribution in [0.1, 0.15) is 50.7 Å². The predicted molar refractivity (Wildman–Crippen MR) is 149 cm³/mol. The van der Waals surface area contributed by atoms with Gasteiger partial charge in [-0.25, -0.2) is 8.42 Å². The van der Waals surface area contributed by atoms with Gasteiger partial charge >= 0.3 is 0 Å². The average Bonchev–Trinajstić information content (AvgIpc) is 2.85. The summed E-state index contributed by atoms with van der Waals surface area (Å²) in [5, 5.41) is 3.19. The molecule has 1 unspecified atom stereocenters. The van der Waals surface area contributed by atoms with Crippen molar-refractivity contribution >= 4 is 39.1 Å². The van der Waals surface area contributed by atoms with E-state index in [1.165, 1.54) is 17.5 Å². The number of methoxy groups -OCH3 is 1. The highest BCUT2D eigenvalue weighted by molar-refractivity contribution is 7.92. The van der Waals surface area contributed by atoms with Gasteiger partial charge in [0.1, 0.15) is 11.8 Å². The second-order valence-electron chi connectivity index (χ2n) is 9.09. The Morgan fingerprint density at radius 1 is 1.11 bits per heavy atom. The van der Waals surface area contributed by atoms with Crippen LogP contribution in [-0.2, 0) is 26.2 Å². The summed E-state index contributed by atoms with van der Waals surface area (Å²) in [5.74, 6) is 0.00599. The van der Waals surface area contributed by atoms with Crippen molar-refractivity contribution < 1.29 is 22.7 Å². The van der Waals surface area contributed by atoms with Crippen molar-refractivity contribution in [3.8, 4) is 5.75 Å². The highest BCUT2D eigenvalue weighted by Crippen LogP contribution is 2.30. The smallest absolute Gasteiger partial charge is 0.242 e. The first-order valence-electron chi connectivity index (χ1n) is 12.4. The maximum atomic E-state index is 13.3. The van der Waals surface area contributed by atoms with E-state index in [2.05, 4.69) is 5.32 Å². The third-order valence-corrected chi connectivity index (χ3v) is 7.54. The second kappa shape index (κ2) is 14.2. The molecule has 1 N–H and O–H groups in total. The molecule has 8 nitrogen and oxygen atoms in total. The van der Waals surface area contributed by atoms with Gasteiger partial charge in [-0.1, -0.05) is 54.8 Å². The second-order valence-corrected chi connectivity index (χ2v) is 11.4. The number of benzene rings is 2. The van der Waals surface area contributed by atoms with Crippen molar-refractivity contribution in [1.82, 2.24) is 10.2 Å². The van der Waals surface area contributed by atoms with Crippen molar-refractivity contribution in [1.29, 1.82) is 0 Å². The zero-order chi connectivity index (χ0) is 27.6. The fraction of sp³-hybridized carbons (Fsp3) is 0.481. The summed E-state index contributed by atoms with van der Waals surface area (Å²) >= 11 is 6.20. The maximum absolute atomic E-state index is 13.3. The fourth-order valence-corrected chi connectivity index (χ4v) is 5.03. The van der Waals surface area contributed by atoms with Gasteiger partial charge in [-0.05, 0) is 50.5 Å². The number of hydrogen-bond acceptors (Lipinski definition) is 5. The summed E-state index contributed by atoms with van der Waals surface area (Å²) < 4.78 is 31.4. The number of ether oxygens (including phenoxy) is 1. The average molecular weight is 552 g/mol. The fourth-order valence-electron chi connectivity index (χ4n) is 3.82. The van der Waals surface area contributed by atoms with E-state index in [-0.39, 0.29) is 42.8 Å². The summed E-state index contributed by atoms with van der Waals surface area (Å²) in [4.78, 5) is 27.7. The van der Waals surface area contributed by atoms with Crippen LogP contribution in [0.25, 0.3) is 0 Å². The molecule has 0 aliphatic heterocycles. The van der Waals surface area contributed by atoms with E-state index in [1.54, 1.807) is 24.0 Å². The quantitative estimate of drug-likeness (QED) is 0.348. The van der Waals surface area contributed by atoms with Gasteiger partial charge in [-0.15, -0.1) is 0 Å². The zero-order valence-corrected chi connectivity index (χ0v) is 23.9. The molecule has 0 heterocycles. The molecule has 0 bridgehead atoms. The number of aryl methyl sites for hydroxylation is 1. The molecule has 2 rings (SSSR count). The topological polar surface area (TPSA) is 96.0 Å². The normalized spacial score (nSPS) is 12.1. The van der Waals surface area contributed by atoms with Crippen molar-refractivity contribution in [2.24, 2.45) is 0 Å². The summed E-state index contributed by atoms with van der Waals surface area (Å²) in [6, 6.07) is 11.9. The van der Waals surface area contributed by atoms with Crippen molar-refractivity contribution in [3.63, 3.8) is 0 Å². The van der Waals surface area contributed by atoms with Gasteiger partial charge in [0.2, 0.25) is 21.8 Å². The zero-order valence-electron chi connectivity index (χ0n) is 22.3. The van der Waals surface area contributed by atoms with Gasteiger partial charge in [0.25, 0.3) is 0 Å². The Morgan fingerprint density at radius 3 is 2.35 bits per heavy atom. The molecule has 10 heteroatoms. The van der Waals surface area contributed by atoms with E-state index in [0.29, 0.717) is 18.0 Å². The number of rotatable bonds is 14. The van der Waals surface area contributed by atoms with E-state index in [9.17, 15) is 18.0 Å². The van der Waals surface area contributed by atoms with Gasteiger partial charge in [0.05, 0.1) is 24.1 Å². The van der Waals surface area contributed by atoms with E-state index in [0.717, 1.165) is 30.2 Å².